The fourth-order valence-corrected chi connectivity index (χ4v) is 6.64. The summed E-state index contributed by atoms with van der Waals surface area (Å²) in [5.41, 5.74) is -0.921. The van der Waals surface area contributed by atoms with Crippen molar-refractivity contribution >= 4 is 22.0 Å². The van der Waals surface area contributed by atoms with Crippen LogP contribution >= 0.6 is 0 Å². The molecule has 2 aromatic carbocycles. The average molecular weight is 545 g/mol. The summed E-state index contributed by atoms with van der Waals surface area (Å²) in [6.07, 6.45) is -1.45. The first-order valence-corrected chi connectivity index (χ1v) is 14.4. The smallest absolute Gasteiger partial charge is 0.412 e. The van der Waals surface area contributed by atoms with Crippen LogP contribution < -0.4 is 0 Å². The van der Waals surface area contributed by atoms with E-state index in [0.717, 1.165) is 5.56 Å². The summed E-state index contributed by atoms with van der Waals surface area (Å²) in [4.78, 5) is 29.7. The molecule has 0 aliphatic carbocycles. The van der Waals surface area contributed by atoms with Crippen LogP contribution in [0.15, 0.2) is 65.6 Å². The number of ether oxygens (including phenoxy) is 3. The lowest BCUT2D eigenvalue weighted by molar-refractivity contribution is -0.0808. The fraction of sp³-hybridized carbons (Fsp3) is 0.500. The first-order valence-electron chi connectivity index (χ1n) is 12.7. The van der Waals surface area contributed by atoms with Gasteiger partial charge in [0.05, 0.1) is 28.8 Å². The van der Waals surface area contributed by atoms with Gasteiger partial charge in [-0.3, -0.25) is 4.90 Å². The first-order chi connectivity index (χ1) is 17.8. The molecule has 0 unspecified atom stereocenters. The first kappa shape index (κ1) is 27.9. The van der Waals surface area contributed by atoms with E-state index in [4.69, 9.17) is 14.2 Å². The Balaban J connectivity index is 1.61. The lowest BCUT2D eigenvalue weighted by Gasteiger charge is -2.42. The number of likely N-dealkylation sites (tertiary alicyclic amines) is 1. The van der Waals surface area contributed by atoms with Crippen LogP contribution in [0.5, 0.6) is 0 Å². The van der Waals surface area contributed by atoms with Gasteiger partial charge in [-0.05, 0) is 58.7 Å². The van der Waals surface area contributed by atoms with Crippen LogP contribution in [0.1, 0.15) is 46.6 Å². The molecule has 2 aliphatic heterocycles. The molecule has 0 aromatic heterocycles. The van der Waals surface area contributed by atoms with Gasteiger partial charge in [0.15, 0.2) is 9.84 Å². The van der Waals surface area contributed by atoms with Crippen molar-refractivity contribution < 1.29 is 32.2 Å². The summed E-state index contributed by atoms with van der Waals surface area (Å²) in [7, 11) is -3.72. The van der Waals surface area contributed by atoms with Crippen molar-refractivity contribution in [2.24, 2.45) is 0 Å². The quantitative estimate of drug-likeness (QED) is 0.542. The predicted molar refractivity (Wildman–Crippen MR) is 141 cm³/mol. The zero-order valence-electron chi connectivity index (χ0n) is 22.5. The Bertz CT molecular complexity index is 1240. The minimum atomic E-state index is -3.72. The summed E-state index contributed by atoms with van der Waals surface area (Å²) in [5.74, 6) is -0.295. The van der Waals surface area contributed by atoms with Crippen molar-refractivity contribution in [1.82, 2.24) is 9.80 Å². The maximum absolute atomic E-state index is 13.4. The molecule has 0 spiro atoms. The predicted octanol–water partition coefficient (Wildman–Crippen LogP) is 4.61. The van der Waals surface area contributed by atoms with E-state index in [9.17, 15) is 18.0 Å². The van der Waals surface area contributed by atoms with Gasteiger partial charge in [0.1, 0.15) is 17.9 Å². The normalized spacial score (nSPS) is 23.0. The van der Waals surface area contributed by atoms with Crippen LogP contribution in [0.2, 0.25) is 0 Å². The van der Waals surface area contributed by atoms with Crippen LogP contribution in [-0.2, 0) is 30.7 Å². The minimum absolute atomic E-state index is 0.0419. The maximum atomic E-state index is 13.4. The third-order valence-corrected chi connectivity index (χ3v) is 8.47. The van der Waals surface area contributed by atoms with Gasteiger partial charge in [0.25, 0.3) is 0 Å². The highest BCUT2D eigenvalue weighted by Crippen LogP contribution is 2.40. The molecule has 2 fully saturated rings. The zero-order valence-corrected chi connectivity index (χ0v) is 23.3. The van der Waals surface area contributed by atoms with Crippen molar-refractivity contribution in [1.29, 1.82) is 0 Å². The van der Waals surface area contributed by atoms with E-state index in [1.54, 1.807) is 65.0 Å². The molecule has 3 atom stereocenters. The zero-order chi connectivity index (χ0) is 27.7. The molecular formula is C28H36N2O7S. The second kappa shape index (κ2) is 10.6. The van der Waals surface area contributed by atoms with Gasteiger partial charge in [-0.15, -0.1) is 0 Å². The van der Waals surface area contributed by atoms with E-state index in [0.29, 0.717) is 0 Å². The Hall–Kier alpha value is -3.11. The molecule has 0 radical (unpaired) electrons. The Morgan fingerprint density at radius 2 is 1.61 bits per heavy atom. The monoisotopic (exact) mass is 544 g/mol. The Morgan fingerprint density at radius 1 is 1.00 bits per heavy atom. The molecule has 10 heteroatoms. The van der Waals surface area contributed by atoms with E-state index in [1.807, 2.05) is 30.3 Å². The molecule has 2 saturated heterocycles. The summed E-state index contributed by atoms with van der Waals surface area (Å²) in [6, 6.07) is 16.2. The molecule has 2 aromatic rings. The van der Waals surface area contributed by atoms with E-state index >= 15 is 0 Å². The summed E-state index contributed by atoms with van der Waals surface area (Å²) < 4.78 is 44.1. The van der Waals surface area contributed by atoms with Gasteiger partial charge in [-0.2, -0.15) is 0 Å². The van der Waals surface area contributed by atoms with Gasteiger partial charge >= 0.3 is 12.2 Å². The lowest BCUT2D eigenvalue weighted by Crippen LogP contribution is -2.60. The number of carbonyl (C=O) groups is 2. The van der Waals surface area contributed by atoms with Crippen molar-refractivity contribution in [3.63, 3.8) is 0 Å². The summed E-state index contributed by atoms with van der Waals surface area (Å²) in [5, 5.41) is 0. The van der Waals surface area contributed by atoms with Gasteiger partial charge < -0.3 is 19.1 Å². The fourth-order valence-electron chi connectivity index (χ4n) is 5.05. The molecule has 2 heterocycles. The molecule has 2 amide bonds. The molecule has 2 aliphatic rings. The van der Waals surface area contributed by atoms with Crippen molar-refractivity contribution in [2.75, 3.05) is 12.3 Å². The van der Waals surface area contributed by atoms with Crippen molar-refractivity contribution in [3.8, 4) is 0 Å². The molecule has 206 valence electrons. The topological polar surface area (TPSA) is 102 Å². The van der Waals surface area contributed by atoms with Crippen LogP contribution in [0, 0.1) is 0 Å². The van der Waals surface area contributed by atoms with Gasteiger partial charge in [-0.1, -0.05) is 48.5 Å². The largest absolute Gasteiger partial charge is 0.445 e. The Labute approximate surface area is 224 Å². The number of hydrogen-bond donors (Lipinski definition) is 0. The number of benzene rings is 2. The highest BCUT2D eigenvalue weighted by molar-refractivity contribution is 7.91. The Kier molecular flexibility index (Phi) is 7.76. The number of piperidine rings is 1. The minimum Gasteiger partial charge on any atom is -0.445 e. The van der Waals surface area contributed by atoms with E-state index < -0.39 is 51.5 Å². The Morgan fingerprint density at radius 3 is 2.21 bits per heavy atom. The maximum Gasteiger partial charge on any atom is 0.412 e. The number of nitrogens with zero attached hydrogens (tertiary/aromatic N) is 2. The number of rotatable bonds is 5. The van der Waals surface area contributed by atoms with Crippen LogP contribution in [0.4, 0.5) is 9.59 Å². The number of carbonyl (C=O) groups excluding carboxylic acids is 2. The van der Waals surface area contributed by atoms with Crippen molar-refractivity contribution in [2.45, 2.75) is 82.1 Å². The molecule has 9 nitrogen and oxygen atoms in total. The standard InChI is InChI=1S/C28H36N2O7S/c1-27(2,3)37-26(32)30-23-17-29(25(31)35-18-20-12-8-6-9-13-20)21(16-24(23)36-28(30,4)5)19-38(33,34)22-14-10-7-11-15-22/h6-15,21,23-24H,16-19H2,1-5H3/t21-,23+,24-/m0/s1. The van der Waals surface area contributed by atoms with Crippen molar-refractivity contribution in [3.05, 3.63) is 66.2 Å². The molecule has 4 rings (SSSR count). The number of sulfone groups is 1. The molecule has 0 N–H and O–H groups in total. The lowest BCUT2D eigenvalue weighted by atomic mass is 9.96. The second-order valence-corrected chi connectivity index (χ2v) is 13.2. The second-order valence-electron chi connectivity index (χ2n) is 11.2. The van der Waals surface area contributed by atoms with Crippen LogP contribution in [0.25, 0.3) is 0 Å². The SMILES string of the molecule is CC(C)(C)OC(=O)N1[C@@H]2CN(C(=O)OCc3ccccc3)[C@H](CS(=O)(=O)c3ccccc3)C[C@@H]2OC1(C)C. The average Bonchev–Trinajstić information content (AvgIpc) is 3.10. The summed E-state index contributed by atoms with van der Waals surface area (Å²) in [6.45, 7) is 8.98. The van der Waals surface area contributed by atoms with Gasteiger partial charge in [0, 0.05) is 6.54 Å². The van der Waals surface area contributed by atoms with Gasteiger partial charge in [-0.25, -0.2) is 18.0 Å². The van der Waals surface area contributed by atoms with E-state index in [2.05, 4.69) is 0 Å². The van der Waals surface area contributed by atoms with E-state index in [1.165, 1.54) is 9.80 Å². The van der Waals surface area contributed by atoms with Gasteiger partial charge in [0.2, 0.25) is 0 Å². The highest BCUT2D eigenvalue weighted by Gasteiger charge is 2.56. The van der Waals surface area contributed by atoms with Crippen LogP contribution in [0.3, 0.4) is 0 Å². The molecule has 38 heavy (non-hydrogen) atoms. The highest BCUT2D eigenvalue weighted by atomic mass is 32.2. The third-order valence-electron chi connectivity index (χ3n) is 6.65. The molecular weight excluding hydrogens is 508 g/mol. The third kappa shape index (κ3) is 6.30. The number of amides is 2. The number of hydrogen-bond acceptors (Lipinski definition) is 7. The molecule has 0 saturated carbocycles. The van der Waals surface area contributed by atoms with Crippen LogP contribution in [-0.4, -0.2) is 72.2 Å². The summed E-state index contributed by atoms with van der Waals surface area (Å²) >= 11 is 0. The molecule has 0 bridgehead atoms. The van der Waals surface area contributed by atoms with E-state index in [-0.39, 0.29) is 30.2 Å². The number of fused-ring (bicyclic) bond motifs is 1.